The van der Waals surface area contributed by atoms with Gasteiger partial charge in [0.25, 0.3) is 0 Å². The lowest BCUT2D eigenvalue weighted by Gasteiger charge is -2.00. The van der Waals surface area contributed by atoms with Crippen LogP contribution in [0.3, 0.4) is 0 Å². The molecule has 0 aromatic rings. The molecule has 1 N–H and O–H groups in total. The van der Waals surface area contributed by atoms with E-state index in [1.807, 2.05) is 0 Å². The maximum Gasteiger partial charge on any atom is 0.0831 e. The number of hydrogen-bond acceptors (Lipinski definition) is 1. The summed E-state index contributed by atoms with van der Waals surface area (Å²) in [5, 5.41) is 3.32. The second-order valence-corrected chi connectivity index (χ2v) is 2.73. The summed E-state index contributed by atoms with van der Waals surface area (Å²) in [4.78, 5) is 0. The normalized spacial score (nSPS) is 50.1. The molecule has 1 heteroatoms. The molecule has 8 heavy (non-hydrogen) atoms. The molecule has 2 fully saturated rings. The summed E-state index contributed by atoms with van der Waals surface area (Å²) in [7, 11) is 0. The number of terminal acetylenes is 1. The summed E-state index contributed by atoms with van der Waals surface area (Å²) in [6.45, 7) is 1.13. The third kappa shape index (κ3) is 0.329. The molecular formula is C7H9N. The predicted octanol–water partition coefficient (Wildman–Crippen LogP) is 0.372. The second-order valence-electron chi connectivity index (χ2n) is 2.73. The molecule has 1 aliphatic carbocycles. The number of fused-ring (bicyclic) bond motifs is 1. The van der Waals surface area contributed by atoms with Gasteiger partial charge >= 0.3 is 0 Å². The van der Waals surface area contributed by atoms with Gasteiger partial charge in [0.15, 0.2) is 0 Å². The van der Waals surface area contributed by atoms with Gasteiger partial charge < -0.3 is 5.32 Å². The Balaban J connectivity index is 2.22. The van der Waals surface area contributed by atoms with Crippen molar-refractivity contribution in [3.8, 4) is 12.3 Å². The Morgan fingerprint density at radius 2 is 2.62 bits per heavy atom. The minimum Gasteiger partial charge on any atom is -0.301 e. The molecule has 0 aromatic carbocycles. The molecule has 1 aliphatic heterocycles. The van der Waals surface area contributed by atoms with Gasteiger partial charge in [0.2, 0.25) is 0 Å². The van der Waals surface area contributed by atoms with Crippen LogP contribution in [0.25, 0.3) is 0 Å². The van der Waals surface area contributed by atoms with Crippen molar-refractivity contribution >= 4 is 0 Å². The molecule has 0 bridgehead atoms. The molecule has 0 aromatic heterocycles. The Kier molecular flexibility index (Phi) is 0.598. The van der Waals surface area contributed by atoms with Gasteiger partial charge in [-0.3, -0.25) is 0 Å². The highest BCUT2D eigenvalue weighted by molar-refractivity contribution is 5.30. The summed E-state index contributed by atoms with van der Waals surface area (Å²) >= 11 is 0. The van der Waals surface area contributed by atoms with Crippen molar-refractivity contribution in [1.29, 1.82) is 0 Å². The zero-order chi connectivity index (χ0) is 5.61. The molecule has 42 valence electrons. The van der Waals surface area contributed by atoms with Crippen LogP contribution in [0.15, 0.2) is 0 Å². The van der Waals surface area contributed by atoms with Crippen LogP contribution in [0.4, 0.5) is 0 Å². The van der Waals surface area contributed by atoms with E-state index < -0.39 is 0 Å². The van der Waals surface area contributed by atoms with E-state index in [1.165, 1.54) is 12.8 Å². The molecule has 0 spiro atoms. The van der Waals surface area contributed by atoms with Gasteiger partial charge in [0.05, 0.1) is 5.54 Å². The minimum absolute atomic E-state index is 0.181. The van der Waals surface area contributed by atoms with Crippen molar-refractivity contribution in [1.82, 2.24) is 5.32 Å². The van der Waals surface area contributed by atoms with E-state index in [2.05, 4.69) is 11.2 Å². The van der Waals surface area contributed by atoms with Gasteiger partial charge in [0, 0.05) is 0 Å². The van der Waals surface area contributed by atoms with Crippen LogP contribution >= 0.6 is 0 Å². The Morgan fingerprint density at radius 1 is 1.75 bits per heavy atom. The van der Waals surface area contributed by atoms with Gasteiger partial charge in [-0.2, -0.15) is 0 Å². The highest BCUT2D eigenvalue weighted by Gasteiger charge is 2.55. The Labute approximate surface area is 49.5 Å². The summed E-state index contributed by atoms with van der Waals surface area (Å²) in [5.41, 5.74) is 0.181. The van der Waals surface area contributed by atoms with Crippen molar-refractivity contribution in [3.63, 3.8) is 0 Å². The highest BCUT2D eigenvalue weighted by Crippen LogP contribution is 2.48. The lowest BCUT2D eigenvalue weighted by atomic mass is 10.2. The fraction of sp³-hybridized carbons (Fsp3) is 0.714. The summed E-state index contributed by atoms with van der Waals surface area (Å²) in [6, 6.07) is 0. The van der Waals surface area contributed by atoms with Gasteiger partial charge in [-0.05, 0) is 25.3 Å². The van der Waals surface area contributed by atoms with E-state index in [1.54, 1.807) is 0 Å². The minimum atomic E-state index is 0.181. The third-order valence-corrected chi connectivity index (χ3v) is 2.30. The molecule has 1 saturated carbocycles. The molecule has 1 nitrogen and oxygen atoms in total. The highest BCUT2D eigenvalue weighted by atomic mass is 15.1. The number of rotatable bonds is 0. The van der Waals surface area contributed by atoms with Gasteiger partial charge in [-0.15, -0.1) is 6.42 Å². The summed E-state index contributed by atoms with van der Waals surface area (Å²) < 4.78 is 0. The van der Waals surface area contributed by atoms with Gasteiger partial charge in [-0.25, -0.2) is 0 Å². The van der Waals surface area contributed by atoms with E-state index >= 15 is 0 Å². The Bertz CT molecular complexity index is 156. The molecule has 2 aliphatic rings. The van der Waals surface area contributed by atoms with Crippen molar-refractivity contribution in [2.75, 3.05) is 6.54 Å². The zero-order valence-electron chi connectivity index (χ0n) is 4.78. The molecular weight excluding hydrogens is 98.1 g/mol. The standard InChI is InChI=1S/C7H9N/c1-2-7-5-6(7)3-4-8-7/h1,6,8H,3-5H2. The Hall–Kier alpha value is -0.480. The van der Waals surface area contributed by atoms with Crippen molar-refractivity contribution in [2.24, 2.45) is 5.92 Å². The monoisotopic (exact) mass is 107 g/mol. The van der Waals surface area contributed by atoms with Gasteiger partial charge in [0.1, 0.15) is 0 Å². The van der Waals surface area contributed by atoms with E-state index in [0.29, 0.717) is 0 Å². The molecule has 2 unspecified atom stereocenters. The first-order chi connectivity index (χ1) is 3.87. The summed E-state index contributed by atoms with van der Waals surface area (Å²) in [5.74, 6) is 3.63. The average Bonchev–Trinajstić information content (AvgIpc) is 2.38. The van der Waals surface area contributed by atoms with Crippen LogP contribution in [0.2, 0.25) is 0 Å². The number of piperidine rings is 1. The smallest absolute Gasteiger partial charge is 0.0831 e. The molecule has 0 amide bonds. The maximum absolute atomic E-state index is 5.30. The molecule has 2 atom stereocenters. The van der Waals surface area contributed by atoms with Gasteiger partial charge in [-0.1, -0.05) is 5.92 Å². The quantitative estimate of drug-likeness (QED) is 0.441. The van der Waals surface area contributed by atoms with E-state index in [0.717, 1.165) is 12.5 Å². The summed E-state index contributed by atoms with van der Waals surface area (Å²) in [6.07, 6.45) is 7.82. The van der Waals surface area contributed by atoms with E-state index in [9.17, 15) is 0 Å². The van der Waals surface area contributed by atoms with Crippen LogP contribution in [-0.2, 0) is 0 Å². The fourth-order valence-electron chi connectivity index (χ4n) is 1.59. The number of hydrogen-bond donors (Lipinski definition) is 1. The van der Waals surface area contributed by atoms with Crippen molar-refractivity contribution in [2.45, 2.75) is 18.4 Å². The molecule has 0 radical (unpaired) electrons. The van der Waals surface area contributed by atoms with Crippen LogP contribution in [0, 0.1) is 18.3 Å². The zero-order valence-corrected chi connectivity index (χ0v) is 4.78. The lowest BCUT2D eigenvalue weighted by molar-refractivity contribution is 0.676. The largest absolute Gasteiger partial charge is 0.301 e. The van der Waals surface area contributed by atoms with E-state index in [4.69, 9.17) is 6.42 Å². The SMILES string of the molecule is C#CC12CC1CCN2. The Morgan fingerprint density at radius 3 is 2.88 bits per heavy atom. The fourth-order valence-corrected chi connectivity index (χ4v) is 1.59. The molecule has 1 heterocycles. The second kappa shape index (κ2) is 1.09. The third-order valence-electron chi connectivity index (χ3n) is 2.30. The van der Waals surface area contributed by atoms with Crippen molar-refractivity contribution < 1.29 is 0 Å². The topological polar surface area (TPSA) is 12.0 Å². The maximum atomic E-state index is 5.30. The number of nitrogens with one attached hydrogen (secondary N) is 1. The molecule has 2 rings (SSSR count). The predicted molar refractivity (Wildman–Crippen MR) is 32.3 cm³/mol. The first-order valence-electron chi connectivity index (χ1n) is 3.10. The lowest BCUT2D eigenvalue weighted by Crippen LogP contribution is -2.25. The first kappa shape index (κ1) is 4.40. The van der Waals surface area contributed by atoms with E-state index in [-0.39, 0.29) is 5.54 Å². The first-order valence-corrected chi connectivity index (χ1v) is 3.10. The average molecular weight is 107 g/mol. The van der Waals surface area contributed by atoms with Crippen molar-refractivity contribution in [3.05, 3.63) is 0 Å². The molecule has 1 saturated heterocycles. The van der Waals surface area contributed by atoms with Crippen LogP contribution in [0.1, 0.15) is 12.8 Å². The van der Waals surface area contributed by atoms with Crippen LogP contribution in [0.5, 0.6) is 0 Å². The van der Waals surface area contributed by atoms with Crippen LogP contribution in [-0.4, -0.2) is 12.1 Å². The van der Waals surface area contributed by atoms with Crippen LogP contribution < -0.4 is 5.32 Å².